The van der Waals surface area contributed by atoms with Gasteiger partial charge in [0.15, 0.2) is 6.10 Å². The number of carbonyl (C=O) groups is 2. The zero-order chi connectivity index (χ0) is 18.5. The van der Waals surface area contributed by atoms with Gasteiger partial charge in [-0.2, -0.15) is 0 Å². The fourth-order valence-corrected chi connectivity index (χ4v) is 5.59. The molecule has 136 valence electrons. The van der Waals surface area contributed by atoms with Crippen molar-refractivity contribution in [2.45, 2.75) is 31.0 Å². The van der Waals surface area contributed by atoms with Gasteiger partial charge >= 0.3 is 5.97 Å². The third-order valence-electron chi connectivity index (χ3n) is 4.23. The molecule has 2 aromatic rings. The molecule has 0 amide bonds. The molecule has 0 N–H and O–H groups in total. The largest absolute Gasteiger partial charge is 0.451 e. The Morgan fingerprint density at radius 3 is 2.15 bits per heavy atom. The number of ether oxygens (including phenoxy) is 1. The summed E-state index contributed by atoms with van der Waals surface area (Å²) >= 11 is 3.89. The number of ketones is 1. The predicted molar refractivity (Wildman–Crippen MR) is 109 cm³/mol. The second-order valence-corrected chi connectivity index (χ2v) is 9.05. The number of aryl methyl sites for hydroxylation is 1. The Balaban J connectivity index is 1.61. The van der Waals surface area contributed by atoms with Crippen molar-refractivity contribution in [3.05, 3.63) is 70.8 Å². The van der Waals surface area contributed by atoms with Crippen molar-refractivity contribution < 1.29 is 14.3 Å². The number of rotatable bonds is 5. The zero-order valence-electron chi connectivity index (χ0n) is 14.9. The van der Waals surface area contributed by atoms with Crippen LogP contribution < -0.4 is 0 Å². The number of thioether (sulfide) groups is 2. The van der Waals surface area contributed by atoms with E-state index in [2.05, 4.69) is 0 Å². The monoisotopic (exact) mass is 386 g/mol. The van der Waals surface area contributed by atoms with Crippen molar-refractivity contribution in [3.8, 4) is 0 Å². The van der Waals surface area contributed by atoms with E-state index in [0.717, 1.165) is 5.56 Å². The first-order valence-corrected chi connectivity index (χ1v) is 10.8. The van der Waals surface area contributed by atoms with Gasteiger partial charge in [0.2, 0.25) is 5.78 Å². The third kappa shape index (κ3) is 4.71. The van der Waals surface area contributed by atoms with Crippen LogP contribution in [0.15, 0.2) is 48.5 Å². The lowest BCUT2D eigenvalue weighted by Crippen LogP contribution is -2.24. The van der Waals surface area contributed by atoms with Crippen LogP contribution in [-0.2, 0) is 4.74 Å². The minimum atomic E-state index is -0.811. The molecule has 0 spiro atoms. The van der Waals surface area contributed by atoms with E-state index in [4.69, 9.17) is 4.74 Å². The van der Waals surface area contributed by atoms with Crippen LogP contribution in [0.25, 0.3) is 0 Å². The Labute approximate surface area is 162 Å². The molecule has 0 aromatic heterocycles. The summed E-state index contributed by atoms with van der Waals surface area (Å²) in [5.41, 5.74) is 3.33. The molecule has 1 heterocycles. The van der Waals surface area contributed by atoms with E-state index in [1.807, 2.05) is 54.7 Å². The first-order valence-electron chi connectivity index (χ1n) is 8.69. The van der Waals surface area contributed by atoms with E-state index in [0.29, 0.717) is 15.7 Å². The van der Waals surface area contributed by atoms with Gasteiger partial charge < -0.3 is 4.74 Å². The van der Waals surface area contributed by atoms with Gasteiger partial charge in [0.05, 0.1) is 10.1 Å². The van der Waals surface area contributed by atoms with Crippen LogP contribution in [0.3, 0.4) is 0 Å². The first-order chi connectivity index (χ1) is 12.5. The topological polar surface area (TPSA) is 43.4 Å². The van der Waals surface area contributed by atoms with Crippen molar-refractivity contribution in [2.24, 2.45) is 0 Å². The van der Waals surface area contributed by atoms with Gasteiger partial charge in [0.25, 0.3) is 0 Å². The third-order valence-corrected chi connectivity index (χ3v) is 7.25. The molecule has 0 aliphatic carbocycles. The van der Waals surface area contributed by atoms with Gasteiger partial charge in [-0.1, -0.05) is 42.0 Å². The fraction of sp³-hybridized carbons (Fsp3) is 0.333. The van der Waals surface area contributed by atoms with Gasteiger partial charge in [-0.25, -0.2) is 4.79 Å². The van der Waals surface area contributed by atoms with Crippen LogP contribution in [-0.4, -0.2) is 29.4 Å². The van der Waals surface area contributed by atoms with Crippen LogP contribution >= 0.6 is 23.5 Å². The highest BCUT2D eigenvalue weighted by atomic mass is 32.2. The Hall–Kier alpha value is -1.72. The number of hydrogen-bond donors (Lipinski definition) is 0. The average molecular weight is 387 g/mol. The van der Waals surface area contributed by atoms with E-state index in [1.54, 1.807) is 31.2 Å². The molecule has 0 saturated carbocycles. The Kier molecular flexibility index (Phi) is 6.43. The summed E-state index contributed by atoms with van der Waals surface area (Å²) in [7, 11) is 0. The highest BCUT2D eigenvalue weighted by molar-refractivity contribution is 8.16. The summed E-state index contributed by atoms with van der Waals surface area (Å²) in [5, 5.41) is 0. The minimum absolute atomic E-state index is 0.190. The van der Waals surface area contributed by atoms with E-state index in [1.165, 1.54) is 23.5 Å². The molecule has 26 heavy (non-hydrogen) atoms. The molecule has 3 nitrogen and oxygen atoms in total. The molecule has 1 aliphatic rings. The molecule has 5 heteroatoms. The summed E-state index contributed by atoms with van der Waals surface area (Å²) in [5.74, 6) is 1.71. The van der Waals surface area contributed by atoms with E-state index >= 15 is 0 Å². The quantitative estimate of drug-likeness (QED) is 0.516. The summed E-state index contributed by atoms with van der Waals surface area (Å²) in [4.78, 5) is 24.7. The van der Waals surface area contributed by atoms with E-state index < -0.39 is 12.1 Å². The number of hydrogen-bond acceptors (Lipinski definition) is 5. The molecule has 1 atom stereocenters. The Morgan fingerprint density at radius 2 is 1.54 bits per heavy atom. The highest BCUT2D eigenvalue weighted by Crippen LogP contribution is 2.43. The lowest BCUT2D eigenvalue weighted by molar-refractivity contribution is 0.0319. The number of esters is 1. The van der Waals surface area contributed by atoms with E-state index in [9.17, 15) is 9.59 Å². The standard InChI is InChI=1S/C21H22O3S2/c1-14-4-6-16(7-5-14)19(22)15(2)24-20(23)17-8-10-18(11-9-17)21-25-12-3-13-26-21/h4-11,15,21H,3,12-13H2,1-2H3/t15-/m0/s1. The Morgan fingerprint density at radius 1 is 0.962 bits per heavy atom. The lowest BCUT2D eigenvalue weighted by Gasteiger charge is -2.21. The second-order valence-electron chi connectivity index (χ2n) is 6.33. The van der Waals surface area contributed by atoms with Gasteiger partial charge in [-0.15, -0.1) is 23.5 Å². The number of benzene rings is 2. The molecule has 1 fully saturated rings. The van der Waals surface area contributed by atoms with Crippen LogP contribution in [0, 0.1) is 6.92 Å². The van der Waals surface area contributed by atoms with Crippen molar-refractivity contribution in [2.75, 3.05) is 11.5 Å². The van der Waals surface area contributed by atoms with Crippen LogP contribution in [0.2, 0.25) is 0 Å². The normalized spacial score (nSPS) is 16.1. The predicted octanol–water partition coefficient (Wildman–Crippen LogP) is 5.29. The molecule has 1 aliphatic heterocycles. The maximum absolute atomic E-state index is 12.4. The molecule has 0 bridgehead atoms. The van der Waals surface area contributed by atoms with Crippen LogP contribution in [0.5, 0.6) is 0 Å². The van der Waals surface area contributed by atoms with Gasteiger partial charge in [0, 0.05) is 5.56 Å². The summed E-state index contributed by atoms with van der Waals surface area (Å²) in [6.45, 7) is 3.58. The number of carbonyl (C=O) groups excluding carboxylic acids is 2. The van der Waals surface area contributed by atoms with Crippen molar-refractivity contribution >= 4 is 35.3 Å². The molecular weight excluding hydrogens is 364 g/mol. The van der Waals surface area contributed by atoms with Gasteiger partial charge in [0.1, 0.15) is 0 Å². The summed E-state index contributed by atoms with van der Waals surface area (Å²) < 4.78 is 5.81. The molecule has 2 aromatic carbocycles. The minimum Gasteiger partial charge on any atom is -0.451 e. The Bertz CT molecular complexity index is 763. The lowest BCUT2D eigenvalue weighted by atomic mass is 10.1. The van der Waals surface area contributed by atoms with E-state index in [-0.39, 0.29) is 5.78 Å². The molecule has 3 rings (SSSR count). The molecular formula is C21H22O3S2. The second kappa shape index (κ2) is 8.78. The maximum Gasteiger partial charge on any atom is 0.338 e. The van der Waals surface area contributed by atoms with Gasteiger partial charge in [-0.3, -0.25) is 4.79 Å². The summed E-state index contributed by atoms with van der Waals surface area (Å²) in [6, 6.07) is 14.8. The average Bonchev–Trinajstić information content (AvgIpc) is 2.68. The van der Waals surface area contributed by atoms with Crippen molar-refractivity contribution in [3.63, 3.8) is 0 Å². The van der Waals surface area contributed by atoms with Crippen molar-refractivity contribution in [1.82, 2.24) is 0 Å². The zero-order valence-corrected chi connectivity index (χ0v) is 16.6. The van der Waals surface area contributed by atoms with Crippen LogP contribution in [0.4, 0.5) is 0 Å². The maximum atomic E-state index is 12.4. The molecule has 0 unspecified atom stereocenters. The van der Waals surface area contributed by atoms with Crippen LogP contribution in [0.1, 0.15) is 49.8 Å². The van der Waals surface area contributed by atoms with Crippen molar-refractivity contribution in [1.29, 1.82) is 0 Å². The molecule has 0 radical (unpaired) electrons. The SMILES string of the molecule is Cc1ccc(C(=O)[C@H](C)OC(=O)c2ccc(C3SCCCS3)cc2)cc1. The first kappa shape index (κ1) is 19.1. The fourth-order valence-electron chi connectivity index (χ4n) is 2.69. The summed E-state index contributed by atoms with van der Waals surface area (Å²) in [6.07, 6.45) is 0.442. The number of Topliss-reactive ketones (excluding diaryl/α,β-unsaturated/α-hetero) is 1. The highest BCUT2D eigenvalue weighted by Gasteiger charge is 2.21. The smallest absolute Gasteiger partial charge is 0.338 e. The van der Waals surface area contributed by atoms with Gasteiger partial charge in [-0.05, 0) is 49.5 Å². The molecule has 1 saturated heterocycles.